The van der Waals surface area contributed by atoms with Crippen LogP contribution < -0.4 is 4.57 Å². The van der Waals surface area contributed by atoms with E-state index >= 15 is 0 Å². The van der Waals surface area contributed by atoms with Crippen molar-refractivity contribution in [3.8, 4) is 11.1 Å². The van der Waals surface area contributed by atoms with Crippen molar-refractivity contribution in [3.63, 3.8) is 0 Å². The van der Waals surface area contributed by atoms with E-state index < -0.39 is 0 Å². The van der Waals surface area contributed by atoms with Crippen molar-refractivity contribution in [3.05, 3.63) is 90.3 Å². The highest BCUT2D eigenvalue weighted by Gasteiger charge is 2.34. The van der Waals surface area contributed by atoms with E-state index in [1.807, 2.05) is 0 Å². The number of hydrogen-bond donors (Lipinski definition) is 0. The van der Waals surface area contributed by atoms with Gasteiger partial charge in [-0.1, -0.05) is 54.6 Å². The van der Waals surface area contributed by atoms with Crippen LogP contribution in [0.1, 0.15) is 17.2 Å². The molecule has 0 saturated carbocycles. The molecule has 4 rings (SSSR count). The minimum Gasteiger partial charge on any atom is -0.194 e. The summed E-state index contributed by atoms with van der Waals surface area (Å²) in [6, 6.07) is 23.9. The van der Waals surface area contributed by atoms with E-state index in [2.05, 4.69) is 83.7 Å². The third-order valence-electron chi connectivity index (χ3n) is 3.84. The van der Waals surface area contributed by atoms with Gasteiger partial charge >= 0.3 is 0 Å². The van der Waals surface area contributed by atoms with Gasteiger partial charge in [0, 0.05) is 23.3 Å². The predicted molar refractivity (Wildman–Crippen MR) is 75.8 cm³/mol. The molecule has 2 aromatic carbocycles. The van der Waals surface area contributed by atoms with Crippen LogP contribution in [0.4, 0.5) is 0 Å². The molecule has 0 unspecified atom stereocenters. The van der Waals surface area contributed by atoms with Crippen molar-refractivity contribution in [1.29, 1.82) is 0 Å². The Morgan fingerprint density at radius 1 is 0.579 bits per heavy atom. The maximum Gasteiger partial charge on any atom is 0.210 e. The highest BCUT2D eigenvalue weighted by Crippen LogP contribution is 2.42. The Kier molecular flexibility index (Phi) is 2.25. The Balaban J connectivity index is 2.02. The first-order valence-corrected chi connectivity index (χ1v) is 6.59. The molecule has 0 fully saturated rings. The molecule has 0 spiro atoms. The maximum atomic E-state index is 2.28. The summed E-state index contributed by atoms with van der Waals surface area (Å²) in [5, 5.41) is 0. The van der Waals surface area contributed by atoms with Crippen LogP contribution in [-0.4, -0.2) is 0 Å². The van der Waals surface area contributed by atoms with Gasteiger partial charge in [-0.3, -0.25) is 0 Å². The van der Waals surface area contributed by atoms with E-state index in [-0.39, 0.29) is 0 Å². The number of nitrogens with zero attached hydrogens (tertiary/aromatic N) is 1. The van der Waals surface area contributed by atoms with Gasteiger partial charge in [-0.05, 0) is 11.1 Å². The number of benzene rings is 2. The second-order valence-electron chi connectivity index (χ2n) is 4.90. The molecule has 1 heterocycles. The van der Waals surface area contributed by atoms with Crippen molar-refractivity contribution in [1.82, 2.24) is 0 Å². The van der Waals surface area contributed by atoms with Crippen LogP contribution in [-0.2, 0) is 0 Å². The fraction of sp³-hybridized carbons (Fsp3) is 0.0556. The minimum atomic E-state index is 0.300. The molecule has 1 aliphatic carbocycles. The molecule has 0 amide bonds. The van der Waals surface area contributed by atoms with E-state index in [1.54, 1.807) is 0 Å². The normalized spacial score (nSPS) is 13.1. The van der Waals surface area contributed by atoms with Crippen LogP contribution in [0.2, 0.25) is 0 Å². The van der Waals surface area contributed by atoms with Crippen LogP contribution in [0.25, 0.3) is 11.1 Å². The monoisotopic (exact) mass is 244 g/mol. The molecule has 1 aliphatic rings. The summed E-state index contributed by atoms with van der Waals surface area (Å²) in [7, 11) is 0. The second kappa shape index (κ2) is 4.06. The van der Waals surface area contributed by atoms with Crippen molar-refractivity contribution in [2.24, 2.45) is 0 Å². The molecule has 1 nitrogen and oxygen atoms in total. The summed E-state index contributed by atoms with van der Waals surface area (Å²) in [4.78, 5) is 0. The van der Waals surface area contributed by atoms with Gasteiger partial charge in [-0.2, -0.15) is 4.57 Å². The summed E-state index contributed by atoms with van der Waals surface area (Å²) in [5.41, 5.74) is 5.50. The number of pyridine rings is 1. The lowest BCUT2D eigenvalue weighted by Gasteiger charge is -2.08. The maximum absolute atomic E-state index is 2.28. The zero-order chi connectivity index (χ0) is 12.7. The Bertz CT molecular complexity index is 686. The zero-order valence-electron chi connectivity index (χ0n) is 10.5. The molecule has 0 N–H and O–H groups in total. The first-order chi connectivity index (χ1) is 9.45. The van der Waals surface area contributed by atoms with Crippen LogP contribution >= 0.6 is 0 Å². The first kappa shape index (κ1) is 10.5. The molecule has 0 saturated heterocycles. The van der Waals surface area contributed by atoms with Gasteiger partial charge in [0.25, 0.3) is 0 Å². The van der Waals surface area contributed by atoms with E-state index in [1.165, 1.54) is 22.3 Å². The number of aromatic nitrogens is 1. The van der Waals surface area contributed by atoms with Gasteiger partial charge in [0.2, 0.25) is 6.04 Å². The Hall–Kier alpha value is -2.41. The quantitative estimate of drug-likeness (QED) is 0.450. The molecule has 1 aromatic heterocycles. The lowest BCUT2D eigenvalue weighted by atomic mass is 10.1. The summed E-state index contributed by atoms with van der Waals surface area (Å²) in [5.74, 6) is 0. The van der Waals surface area contributed by atoms with Crippen LogP contribution in [0.3, 0.4) is 0 Å². The van der Waals surface area contributed by atoms with E-state index in [4.69, 9.17) is 0 Å². The summed E-state index contributed by atoms with van der Waals surface area (Å²) < 4.78 is 2.28. The molecule has 0 radical (unpaired) electrons. The number of rotatable bonds is 1. The fourth-order valence-corrected chi connectivity index (χ4v) is 3.03. The molecular formula is C18H14N+. The van der Waals surface area contributed by atoms with Crippen molar-refractivity contribution >= 4 is 0 Å². The van der Waals surface area contributed by atoms with Crippen molar-refractivity contribution in [2.75, 3.05) is 0 Å². The highest BCUT2D eigenvalue weighted by atomic mass is 15.0. The van der Waals surface area contributed by atoms with E-state index in [0.29, 0.717) is 6.04 Å². The largest absolute Gasteiger partial charge is 0.210 e. The van der Waals surface area contributed by atoms with E-state index in [9.17, 15) is 0 Å². The third kappa shape index (κ3) is 1.52. The third-order valence-corrected chi connectivity index (χ3v) is 3.84. The van der Waals surface area contributed by atoms with Gasteiger partial charge < -0.3 is 0 Å². The molecule has 0 aliphatic heterocycles. The molecule has 1 heteroatoms. The SMILES string of the molecule is c1cc[n+](C2c3ccccc3-c3ccccc32)cc1. The Morgan fingerprint density at radius 3 is 1.68 bits per heavy atom. The van der Waals surface area contributed by atoms with Crippen molar-refractivity contribution in [2.45, 2.75) is 6.04 Å². The first-order valence-electron chi connectivity index (χ1n) is 6.59. The van der Waals surface area contributed by atoms with Crippen LogP contribution in [0.5, 0.6) is 0 Å². The summed E-state index contributed by atoms with van der Waals surface area (Å²) >= 11 is 0. The van der Waals surface area contributed by atoms with Crippen LogP contribution in [0.15, 0.2) is 79.1 Å². The van der Waals surface area contributed by atoms with Gasteiger partial charge in [-0.15, -0.1) is 0 Å². The average molecular weight is 244 g/mol. The fourth-order valence-electron chi connectivity index (χ4n) is 3.03. The highest BCUT2D eigenvalue weighted by molar-refractivity contribution is 5.77. The summed E-state index contributed by atoms with van der Waals surface area (Å²) in [6.45, 7) is 0. The van der Waals surface area contributed by atoms with Gasteiger partial charge in [0.15, 0.2) is 12.4 Å². The standard InChI is InChI=1S/C18H14N/c1-6-12-19(13-7-1)18-16-10-4-2-8-14(16)15-9-3-5-11-17(15)18/h1-13,18H/q+1. The number of hydrogen-bond acceptors (Lipinski definition) is 0. The molecule has 3 aromatic rings. The topological polar surface area (TPSA) is 3.88 Å². The van der Waals surface area contributed by atoms with Gasteiger partial charge in [0.1, 0.15) is 0 Å². The minimum absolute atomic E-state index is 0.300. The molecule has 19 heavy (non-hydrogen) atoms. The van der Waals surface area contributed by atoms with E-state index in [0.717, 1.165) is 0 Å². The van der Waals surface area contributed by atoms with Crippen LogP contribution in [0, 0.1) is 0 Å². The smallest absolute Gasteiger partial charge is 0.194 e. The van der Waals surface area contributed by atoms with Gasteiger partial charge in [-0.25, -0.2) is 0 Å². The van der Waals surface area contributed by atoms with Gasteiger partial charge in [0.05, 0.1) is 0 Å². The lowest BCUT2D eigenvalue weighted by Crippen LogP contribution is -2.38. The lowest BCUT2D eigenvalue weighted by molar-refractivity contribution is -0.704. The molecule has 0 atom stereocenters. The second-order valence-corrected chi connectivity index (χ2v) is 4.90. The average Bonchev–Trinajstić information content (AvgIpc) is 2.83. The van der Waals surface area contributed by atoms with Crippen molar-refractivity contribution < 1.29 is 4.57 Å². The molecule has 90 valence electrons. The number of fused-ring (bicyclic) bond motifs is 3. The summed E-state index contributed by atoms with van der Waals surface area (Å²) in [6.07, 6.45) is 4.28. The zero-order valence-corrected chi connectivity index (χ0v) is 10.5. The Labute approximate surface area is 112 Å². The predicted octanol–water partition coefficient (Wildman–Crippen LogP) is 3.59. The molecule has 0 bridgehead atoms. The Morgan fingerprint density at radius 2 is 1.11 bits per heavy atom. The molecular weight excluding hydrogens is 230 g/mol.